The van der Waals surface area contributed by atoms with Crippen molar-refractivity contribution in [2.45, 2.75) is 0 Å². The van der Waals surface area contributed by atoms with Gasteiger partial charge in [-0.05, 0) is 35.9 Å². The SMILES string of the molecule is O=C(COc1ccc2cc(-c3ccccc3)c(=O)oc2c1)c1ccc(Br)cc1. The molecule has 0 amide bonds. The molecule has 0 fully saturated rings. The summed E-state index contributed by atoms with van der Waals surface area (Å²) in [6.45, 7) is -0.0977. The average Bonchev–Trinajstić information content (AvgIpc) is 2.72. The van der Waals surface area contributed by atoms with Crippen molar-refractivity contribution in [3.63, 3.8) is 0 Å². The van der Waals surface area contributed by atoms with Crippen molar-refractivity contribution in [3.8, 4) is 16.9 Å². The molecule has 28 heavy (non-hydrogen) atoms. The van der Waals surface area contributed by atoms with E-state index >= 15 is 0 Å². The van der Waals surface area contributed by atoms with E-state index in [1.165, 1.54) is 0 Å². The minimum atomic E-state index is -0.415. The molecule has 0 saturated carbocycles. The van der Waals surface area contributed by atoms with E-state index in [2.05, 4.69) is 15.9 Å². The lowest BCUT2D eigenvalue weighted by molar-refractivity contribution is 0.0921. The molecule has 0 spiro atoms. The van der Waals surface area contributed by atoms with Gasteiger partial charge >= 0.3 is 5.63 Å². The Morgan fingerprint density at radius 3 is 2.43 bits per heavy atom. The number of ether oxygens (including phenoxy) is 1. The summed E-state index contributed by atoms with van der Waals surface area (Å²) in [4.78, 5) is 24.6. The molecule has 0 bridgehead atoms. The molecule has 0 N–H and O–H groups in total. The normalized spacial score (nSPS) is 10.8. The van der Waals surface area contributed by atoms with Crippen LogP contribution in [0.4, 0.5) is 0 Å². The number of carbonyl (C=O) groups is 1. The van der Waals surface area contributed by atoms with Gasteiger partial charge in [-0.15, -0.1) is 0 Å². The van der Waals surface area contributed by atoms with Gasteiger partial charge in [0.05, 0.1) is 5.56 Å². The van der Waals surface area contributed by atoms with E-state index in [-0.39, 0.29) is 12.4 Å². The van der Waals surface area contributed by atoms with Crippen LogP contribution in [0.15, 0.2) is 92.5 Å². The van der Waals surface area contributed by atoms with Gasteiger partial charge in [0.2, 0.25) is 0 Å². The first-order valence-corrected chi connectivity index (χ1v) is 9.44. The Bertz CT molecular complexity index is 1190. The van der Waals surface area contributed by atoms with E-state index < -0.39 is 5.63 Å². The Morgan fingerprint density at radius 2 is 1.68 bits per heavy atom. The third-order valence-corrected chi connectivity index (χ3v) is 4.86. The molecular formula is C23H15BrO4. The van der Waals surface area contributed by atoms with Crippen LogP contribution < -0.4 is 10.4 Å². The fourth-order valence-electron chi connectivity index (χ4n) is 2.87. The highest BCUT2D eigenvalue weighted by Crippen LogP contribution is 2.24. The van der Waals surface area contributed by atoms with Gasteiger partial charge in [-0.2, -0.15) is 0 Å². The number of benzene rings is 3. The third kappa shape index (κ3) is 3.89. The summed E-state index contributed by atoms with van der Waals surface area (Å²) < 4.78 is 12.0. The minimum absolute atomic E-state index is 0.0977. The van der Waals surface area contributed by atoms with Crippen molar-refractivity contribution in [1.29, 1.82) is 0 Å². The molecule has 0 unspecified atom stereocenters. The molecule has 0 aliphatic carbocycles. The zero-order chi connectivity index (χ0) is 19.5. The summed E-state index contributed by atoms with van der Waals surface area (Å²) in [5.74, 6) is 0.335. The zero-order valence-electron chi connectivity index (χ0n) is 14.7. The van der Waals surface area contributed by atoms with Crippen LogP contribution >= 0.6 is 15.9 Å². The molecule has 0 aliphatic heterocycles. The van der Waals surface area contributed by atoms with Crippen LogP contribution in [0.25, 0.3) is 22.1 Å². The predicted octanol–water partition coefficient (Wildman–Crippen LogP) is 5.48. The second-order valence-corrected chi connectivity index (χ2v) is 7.15. The number of carbonyl (C=O) groups excluding carboxylic acids is 1. The van der Waals surface area contributed by atoms with Crippen LogP contribution in [0.5, 0.6) is 5.75 Å². The molecule has 4 rings (SSSR count). The first-order valence-electron chi connectivity index (χ1n) is 8.65. The quantitative estimate of drug-likeness (QED) is 0.308. The second-order valence-electron chi connectivity index (χ2n) is 6.23. The largest absolute Gasteiger partial charge is 0.485 e. The van der Waals surface area contributed by atoms with Gasteiger partial charge in [0.25, 0.3) is 0 Å². The maximum atomic E-state index is 12.4. The van der Waals surface area contributed by atoms with Crippen LogP contribution in [-0.2, 0) is 0 Å². The Hall–Kier alpha value is -3.18. The van der Waals surface area contributed by atoms with Gasteiger partial charge in [-0.1, -0.05) is 58.4 Å². The van der Waals surface area contributed by atoms with Crippen molar-refractivity contribution in [2.24, 2.45) is 0 Å². The Morgan fingerprint density at radius 1 is 0.929 bits per heavy atom. The van der Waals surface area contributed by atoms with E-state index in [1.807, 2.05) is 48.5 Å². The van der Waals surface area contributed by atoms with Crippen molar-refractivity contribution in [2.75, 3.05) is 6.61 Å². The van der Waals surface area contributed by atoms with Crippen LogP contribution in [0.3, 0.4) is 0 Å². The summed E-state index contributed by atoms with van der Waals surface area (Å²) in [5, 5.41) is 0.782. The topological polar surface area (TPSA) is 56.5 Å². The van der Waals surface area contributed by atoms with E-state index in [1.54, 1.807) is 30.3 Å². The van der Waals surface area contributed by atoms with Gasteiger partial charge in [-0.25, -0.2) is 4.79 Å². The van der Waals surface area contributed by atoms with Gasteiger partial charge in [0.1, 0.15) is 11.3 Å². The first-order chi connectivity index (χ1) is 13.6. The van der Waals surface area contributed by atoms with E-state index in [0.717, 1.165) is 15.4 Å². The number of ketones is 1. The molecule has 0 saturated heterocycles. The van der Waals surface area contributed by atoms with E-state index in [0.29, 0.717) is 22.5 Å². The molecule has 5 heteroatoms. The van der Waals surface area contributed by atoms with Crippen molar-refractivity contribution in [1.82, 2.24) is 0 Å². The lowest BCUT2D eigenvalue weighted by Crippen LogP contribution is -2.11. The summed E-state index contributed by atoms with van der Waals surface area (Å²) in [5.41, 5.74) is 1.88. The molecule has 0 atom stereocenters. The van der Waals surface area contributed by atoms with E-state index in [4.69, 9.17) is 9.15 Å². The van der Waals surface area contributed by atoms with Crippen molar-refractivity contribution < 1.29 is 13.9 Å². The lowest BCUT2D eigenvalue weighted by atomic mass is 10.1. The van der Waals surface area contributed by atoms with Crippen LogP contribution in [0.2, 0.25) is 0 Å². The Balaban J connectivity index is 1.55. The maximum Gasteiger partial charge on any atom is 0.344 e. The molecule has 4 aromatic rings. The van der Waals surface area contributed by atoms with Crippen LogP contribution in [-0.4, -0.2) is 12.4 Å². The third-order valence-electron chi connectivity index (χ3n) is 4.33. The van der Waals surface area contributed by atoms with Crippen LogP contribution in [0.1, 0.15) is 10.4 Å². The number of rotatable bonds is 5. The van der Waals surface area contributed by atoms with Gasteiger partial charge in [0.15, 0.2) is 12.4 Å². The standard InChI is InChI=1S/C23H15BrO4/c24-18-9-6-16(7-10-18)21(25)14-27-19-11-8-17-12-20(15-4-2-1-3-5-15)23(26)28-22(17)13-19/h1-13H,14H2. The molecule has 1 aromatic heterocycles. The molecule has 4 nitrogen and oxygen atoms in total. The number of Topliss-reactive ketones (excluding diaryl/α,β-unsaturated/α-hetero) is 1. The highest BCUT2D eigenvalue weighted by Gasteiger charge is 2.10. The fraction of sp³-hybridized carbons (Fsp3) is 0.0435. The molecule has 138 valence electrons. The fourth-order valence-corrected chi connectivity index (χ4v) is 3.13. The summed E-state index contributed by atoms with van der Waals surface area (Å²) in [6, 6.07) is 23.4. The van der Waals surface area contributed by atoms with Crippen molar-refractivity contribution in [3.05, 3.63) is 99.3 Å². The molecule has 3 aromatic carbocycles. The Kier molecular flexibility index (Phi) is 5.08. The van der Waals surface area contributed by atoms with Gasteiger partial charge in [-0.3, -0.25) is 4.79 Å². The Labute approximate surface area is 169 Å². The zero-order valence-corrected chi connectivity index (χ0v) is 16.3. The molecule has 1 heterocycles. The maximum absolute atomic E-state index is 12.4. The molecule has 0 aliphatic rings. The van der Waals surface area contributed by atoms with Crippen molar-refractivity contribution >= 4 is 32.7 Å². The van der Waals surface area contributed by atoms with Gasteiger partial charge < -0.3 is 9.15 Å². The number of hydrogen-bond acceptors (Lipinski definition) is 4. The van der Waals surface area contributed by atoms with E-state index in [9.17, 15) is 9.59 Å². The summed E-state index contributed by atoms with van der Waals surface area (Å²) in [6.07, 6.45) is 0. The minimum Gasteiger partial charge on any atom is -0.485 e. The number of halogens is 1. The first kappa shape index (κ1) is 18.2. The summed E-state index contributed by atoms with van der Waals surface area (Å²) >= 11 is 3.34. The van der Waals surface area contributed by atoms with Gasteiger partial charge in [0, 0.05) is 21.5 Å². The van der Waals surface area contributed by atoms with Crippen LogP contribution in [0, 0.1) is 0 Å². The highest BCUT2D eigenvalue weighted by molar-refractivity contribution is 9.10. The lowest BCUT2D eigenvalue weighted by Gasteiger charge is -2.07. The summed E-state index contributed by atoms with van der Waals surface area (Å²) in [7, 11) is 0. The second kappa shape index (κ2) is 7.82. The predicted molar refractivity (Wildman–Crippen MR) is 112 cm³/mol. The highest BCUT2D eigenvalue weighted by atomic mass is 79.9. The average molecular weight is 435 g/mol. The molecular weight excluding hydrogens is 420 g/mol. The number of hydrogen-bond donors (Lipinski definition) is 0. The number of fused-ring (bicyclic) bond motifs is 1. The monoisotopic (exact) mass is 434 g/mol. The smallest absolute Gasteiger partial charge is 0.344 e. The molecule has 0 radical (unpaired) electrons.